The molecule has 1 heterocycles. The first kappa shape index (κ1) is 14.0. The van der Waals surface area contributed by atoms with Gasteiger partial charge in [-0.25, -0.2) is 0 Å². The molecule has 17 heavy (non-hydrogen) atoms. The Morgan fingerprint density at radius 2 is 2.00 bits per heavy atom. The second-order valence-electron chi connectivity index (χ2n) is 4.23. The van der Waals surface area contributed by atoms with Gasteiger partial charge in [0.05, 0.1) is 0 Å². The Kier molecular flexibility index (Phi) is 4.99. The molecule has 0 saturated carbocycles. The molecule has 1 fully saturated rings. The Hall–Kier alpha value is -1.04. The normalized spacial score (nSPS) is 19.2. The largest absolute Gasteiger partial charge is 0.432 e. The van der Waals surface area contributed by atoms with Gasteiger partial charge in [0.25, 0.3) is 0 Å². The zero-order valence-corrected chi connectivity index (χ0v) is 9.82. The summed E-state index contributed by atoms with van der Waals surface area (Å²) in [6.45, 7) is 1.69. The lowest BCUT2D eigenvalue weighted by molar-refractivity contribution is -0.0592. The molecule has 0 bridgehead atoms. The first-order valence-electron chi connectivity index (χ1n) is 5.68. The van der Waals surface area contributed by atoms with E-state index in [4.69, 9.17) is 5.41 Å². The van der Waals surface area contributed by atoms with Gasteiger partial charge in [-0.05, 0) is 43.8 Å². The Morgan fingerprint density at radius 1 is 1.41 bits per heavy atom. The molecule has 98 valence electrons. The van der Waals surface area contributed by atoms with Crippen molar-refractivity contribution in [1.82, 2.24) is 10.6 Å². The van der Waals surface area contributed by atoms with E-state index in [2.05, 4.69) is 10.6 Å². The molecule has 3 N–H and O–H groups in total. The second-order valence-corrected chi connectivity index (χ2v) is 4.23. The van der Waals surface area contributed by atoms with Gasteiger partial charge in [-0.15, -0.1) is 0 Å². The van der Waals surface area contributed by atoms with Crippen molar-refractivity contribution in [2.75, 3.05) is 20.1 Å². The maximum atomic E-state index is 12.5. The maximum absolute atomic E-state index is 12.5. The van der Waals surface area contributed by atoms with Crippen LogP contribution in [0.25, 0.3) is 0 Å². The average Bonchev–Trinajstić information content (AvgIpc) is 2.28. The molecule has 0 aromatic heterocycles. The van der Waals surface area contributed by atoms with Gasteiger partial charge in [0, 0.05) is 13.2 Å². The summed E-state index contributed by atoms with van der Waals surface area (Å²) in [4.78, 5) is 0. The van der Waals surface area contributed by atoms with Crippen LogP contribution in [0.4, 0.5) is 13.2 Å². The molecular formula is C11H18F3N3. The smallest absolute Gasteiger partial charge is 0.394 e. The minimum atomic E-state index is -4.56. The molecule has 0 amide bonds. The summed E-state index contributed by atoms with van der Waals surface area (Å²) in [6, 6.07) is 0. The fourth-order valence-electron chi connectivity index (χ4n) is 1.99. The van der Waals surface area contributed by atoms with Crippen LogP contribution in [0.1, 0.15) is 19.3 Å². The van der Waals surface area contributed by atoms with E-state index < -0.39 is 11.9 Å². The Balaban J connectivity index is 2.66. The van der Waals surface area contributed by atoms with Gasteiger partial charge in [-0.2, -0.15) is 13.2 Å². The van der Waals surface area contributed by atoms with Crippen molar-refractivity contribution in [2.45, 2.75) is 25.4 Å². The molecule has 0 unspecified atom stereocenters. The van der Waals surface area contributed by atoms with Crippen molar-refractivity contribution in [3.8, 4) is 0 Å². The molecule has 0 aromatic rings. The first-order valence-corrected chi connectivity index (χ1v) is 5.68. The van der Waals surface area contributed by atoms with Crippen LogP contribution in [0.15, 0.2) is 11.8 Å². The molecule has 6 heteroatoms. The van der Waals surface area contributed by atoms with Gasteiger partial charge < -0.3 is 10.6 Å². The summed E-state index contributed by atoms with van der Waals surface area (Å²) in [5, 5.41) is 12.9. The highest BCUT2D eigenvalue weighted by Crippen LogP contribution is 2.27. The van der Waals surface area contributed by atoms with Gasteiger partial charge >= 0.3 is 6.18 Å². The van der Waals surface area contributed by atoms with E-state index in [0.717, 1.165) is 25.9 Å². The van der Waals surface area contributed by atoms with E-state index in [0.29, 0.717) is 6.42 Å². The monoisotopic (exact) mass is 249 g/mol. The van der Waals surface area contributed by atoms with Crippen molar-refractivity contribution in [3.63, 3.8) is 0 Å². The van der Waals surface area contributed by atoms with Crippen LogP contribution in [0.5, 0.6) is 0 Å². The number of nitrogens with one attached hydrogen (secondary N) is 3. The van der Waals surface area contributed by atoms with Crippen molar-refractivity contribution in [3.05, 3.63) is 11.8 Å². The summed E-state index contributed by atoms with van der Waals surface area (Å²) in [7, 11) is 1.55. The highest BCUT2D eigenvalue weighted by molar-refractivity contribution is 6.01. The number of alkyl halides is 3. The predicted molar refractivity (Wildman–Crippen MR) is 61.1 cm³/mol. The lowest BCUT2D eigenvalue weighted by atomic mass is 9.89. The van der Waals surface area contributed by atoms with E-state index in [1.165, 1.54) is 6.20 Å². The third kappa shape index (κ3) is 4.38. The first-order chi connectivity index (χ1) is 7.95. The molecule has 0 spiro atoms. The fourth-order valence-corrected chi connectivity index (χ4v) is 1.99. The number of allylic oxidation sites excluding steroid dienone is 1. The summed E-state index contributed by atoms with van der Waals surface area (Å²) in [6.07, 6.45) is -1.22. The zero-order valence-electron chi connectivity index (χ0n) is 9.82. The molecule has 1 saturated heterocycles. The standard InChI is InChI=1S/C11H18F3N3/c1-16-7-9(10(15)11(12,13)14)6-8-2-4-17-5-3-8/h7-8,15-17H,2-6H2,1H3/b9-7-,15-10?. The van der Waals surface area contributed by atoms with Gasteiger partial charge in [-0.3, -0.25) is 5.41 Å². The molecule has 1 aliphatic heterocycles. The van der Waals surface area contributed by atoms with Crippen molar-refractivity contribution in [1.29, 1.82) is 5.41 Å². The number of hydrogen-bond donors (Lipinski definition) is 3. The number of hydrogen-bond acceptors (Lipinski definition) is 3. The van der Waals surface area contributed by atoms with Crippen LogP contribution < -0.4 is 10.6 Å². The molecule has 0 aromatic carbocycles. The molecule has 3 nitrogen and oxygen atoms in total. The van der Waals surface area contributed by atoms with E-state index in [-0.39, 0.29) is 11.5 Å². The molecule has 1 aliphatic rings. The fraction of sp³-hybridized carbons (Fsp3) is 0.727. The quantitative estimate of drug-likeness (QED) is 0.668. The van der Waals surface area contributed by atoms with Gasteiger partial charge in [0.1, 0.15) is 5.71 Å². The lowest BCUT2D eigenvalue weighted by Crippen LogP contribution is -2.30. The predicted octanol–water partition coefficient (Wildman–Crippen LogP) is 2.06. The van der Waals surface area contributed by atoms with Crippen LogP contribution in [-0.4, -0.2) is 32.0 Å². The Morgan fingerprint density at radius 3 is 2.47 bits per heavy atom. The molecular weight excluding hydrogens is 231 g/mol. The van der Waals surface area contributed by atoms with Crippen molar-refractivity contribution >= 4 is 5.71 Å². The zero-order chi connectivity index (χ0) is 12.9. The minimum Gasteiger partial charge on any atom is -0.394 e. The van der Waals surface area contributed by atoms with E-state index >= 15 is 0 Å². The van der Waals surface area contributed by atoms with Crippen LogP contribution in [0, 0.1) is 11.3 Å². The van der Waals surface area contributed by atoms with Gasteiger partial charge in [0.2, 0.25) is 0 Å². The lowest BCUT2D eigenvalue weighted by Gasteiger charge is -2.24. The maximum Gasteiger partial charge on any atom is 0.432 e. The molecule has 0 aliphatic carbocycles. The van der Waals surface area contributed by atoms with E-state index in [9.17, 15) is 13.2 Å². The Bertz CT molecular complexity index is 291. The number of piperidine rings is 1. The molecule has 1 rings (SSSR count). The second kappa shape index (κ2) is 6.05. The third-order valence-electron chi connectivity index (χ3n) is 2.89. The molecule has 0 radical (unpaired) electrons. The van der Waals surface area contributed by atoms with Crippen LogP contribution in [-0.2, 0) is 0 Å². The Labute approximate surface area is 99.0 Å². The van der Waals surface area contributed by atoms with Crippen molar-refractivity contribution in [2.24, 2.45) is 5.92 Å². The average molecular weight is 249 g/mol. The minimum absolute atomic E-state index is 0.0481. The topological polar surface area (TPSA) is 47.9 Å². The summed E-state index contributed by atoms with van der Waals surface area (Å²) < 4.78 is 37.4. The highest BCUT2D eigenvalue weighted by Gasteiger charge is 2.37. The van der Waals surface area contributed by atoms with Gasteiger partial charge in [0.15, 0.2) is 0 Å². The molecule has 0 atom stereocenters. The summed E-state index contributed by atoms with van der Waals surface area (Å²) >= 11 is 0. The van der Waals surface area contributed by atoms with E-state index in [1.54, 1.807) is 7.05 Å². The highest BCUT2D eigenvalue weighted by atomic mass is 19.4. The third-order valence-corrected chi connectivity index (χ3v) is 2.89. The van der Waals surface area contributed by atoms with Crippen LogP contribution >= 0.6 is 0 Å². The number of rotatable bonds is 4. The van der Waals surface area contributed by atoms with Crippen LogP contribution in [0.3, 0.4) is 0 Å². The number of halogens is 3. The summed E-state index contributed by atoms with van der Waals surface area (Å²) in [5.41, 5.74) is -1.18. The summed E-state index contributed by atoms with van der Waals surface area (Å²) in [5.74, 6) is 0.235. The SMILES string of the molecule is CN/C=C(/CC1CCNCC1)C(=N)C(F)(F)F. The van der Waals surface area contributed by atoms with Gasteiger partial charge in [-0.1, -0.05) is 0 Å². The van der Waals surface area contributed by atoms with Crippen molar-refractivity contribution < 1.29 is 13.2 Å². The van der Waals surface area contributed by atoms with Crippen LogP contribution in [0.2, 0.25) is 0 Å². The van der Waals surface area contributed by atoms with E-state index in [1.807, 2.05) is 0 Å².